The molecule has 0 radical (unpaired) electrons. The largest absolute Gasteiger partial charge is 0.717 e. The molecular formula is C28H35BN4O9. The zero-order valence-corrected chi connectivity index (χ0v) is 23.8. The maximum Gasteiger partial charge on any atom is 0.594 e. The van der Waals surface area contributed by atoms with Gasteiger partial charge in [-0.15, -0.1) is 0 Å². The van der Waals surface area contributed by atoms with Gasteiger partial charge >= 0.3 is 12.7 Å². The molecule has 1 aromatic heterocycles. The third kappa shape index (κ3) is 6.44. The molecule has 2 aromatic rings. The molecule has 1 aromatic carbocycles. The summed E-state index contributed by atoms with van der Waals surface area (Å²) in [4.78, 5) is 68.9. The number of aliphatic hydroxyl groups excluding tert-OH is 1. The molecule has 0 saturated carbocycles. The van der Waals surface area contributed by atoms with Crippen molar-refractivity contribution in [3.8, 4) is 11.3 Å². The summed E-state index contributed by atoms with van der Waals surface area (Å²) in [6.07, 6.45) is -2.13. The van der Waals surface area contributed by atoms with E-state index in [9.17, 15) is 29.1 Å². The SMILES string of the molecule is CNC(=O)C[C@]12CC(=O)[OH+][B-]([C@H](CC(C)C)NC(=O)[C@@H](NC(=O)c3cccc(-c4ccccc4)n3)[C@@H](C)O)(OC1=O)O2. The molecule has 13 nitrogen and oxygen atoms in total. The highest BCUT2D eigenvalue weighted by Gasteiger charge is 2.68. The number of amides is 3. The summed E-state index contributed by atoms with van der Waals surface area (Å²) in [5.74, 6) is -4.93. The quantitative estimate of drug-likeness (QED) is 0.211. The van der Waals surface area contributed by atoms with Crippen molar-refractivity contribution in [1.29, 1.82) is 0 Å². The fourth-order valence-electron chi connectivity index (χ4n) is 5.16. The summed E-state index contributed by atoms with van der Waals surface area (Å²) in [6, 6.07) is 12.6. The highest BCUT2D eigenvalue weighted by molar-refractivity contribution is 6.67. The Labute approximate surface area is 242 Å². The maximum atomic E-state index is 13.5. The number of pyridine rings is 1. The number of benzene rings is 1. The molecule has 2 aliphatic heterocycles. The predicted molar refractivity (Wildman–Crippen MR) is 150 cm³/mol. The third-order valence-corrected chi connectivity index (χ3v) is 7.19. The van der Waals surface area contributed by atoms with Crippen LogP contribution >= 0.6 is 0 Å². The molecule has 2 aliphatic rings. The molecular weight excluding hydrogens is 547 g/mol. The number of hydrogen-bond donors (Lipinski definition) is 4. The lowest BCUT2D eigenvalue weighted by Gasteiger charge is -2.44. The second-order valence-corrected chi connectivity index (χ2v) is 11.0. The van der Waals surface area contributed by atoms with Gasteiger partial charge in [0.15, 0.2) is 5.60 Å². The second kappa shape index (κ2) is 12.3. The lowest BCUT2D eigenvalue weighted by molar-refractivity contribution is -0.169. The molecule has 3 heterocycles. The third-order valence-electron chi connectivity index (χ3n) is 7.19. The van der Waals surface area contributed by atoms with Gasteiger partial charge in [0, 0.05) is 23.3 Å². The number of carbonyl (C=O) groups excluding carboxylic acids is 4. The average Bonchev–Trinajstić information content (AvgIpc) is 3.15. The first-order valence-corrected chi connectivity index (χ1v) is 13.7. The average molecular weight is 582 g/mol. The fraction of sp³-hybridized carbons (Fsp3) is 0.429. The number of fused-ring (bicyclic) bond motifs is 2. The van der Waals surface area contributed by atoms with E-state index < -0.39 is 72.9 Å². The smallest absolute Gasteiger partial charge is 0.594 e. The molecule has 0 spiro atoms. The van der Waals surface area contributed by atoms with Gasteiger partial charge in [0.05, 0.1) is 18.2 Å². The summed E-state index contributed by atoms with van der Waals surface area (Å²) >= 11 is 0. The van der Waals surface area contributed by atoms with E-state index in [1.807, 2.05) is 44.2 Å². The number of carboxylic acids is 1. The molecule has 14 heteroatoms. The van der Waals surface area contributed by atoms with Gasteiger partial charge in [0.1, 0.15) is 18.2 Å². The lowest BCUT2D eigenvalue weighted by Crippen LogP contribution is -2.68. The van der Waals surface area contributed by atoms with Gasteiger partial charge in [0.25, 0.3) is 11.9 Å². The van der Waals surface area contributed by atoms with Gasteiger partial charge < -0.3 is 35.0 Å². The van der Waals surface area contributed by atoms with Crippen molar-refractivity contribution in [1.82, 2.24) is 20.9 Å². The van der Waals surface area contributed by atoms with Crippen LogP contribution in [-0.2, 0) is 28.5 Å². The Morgan fingerprint density at radius 2 is 1.79 bits per heavy atom. The summed E-state index contributed by atoms with van der Waals surface area (Å²) in [6.45, 7) is 1.92. The molecule has 0 aliphatic carbocycles. The topological polar surface area (TPSA) is 186 Å². The van der Waals surface area contributed by atoms with E-state index >= 15 is 0 Å². The van der Waals surface area contributed by atoms with Crippen LogP contribution in [0.3, 0.4) is 0 Å². The molecule has 5 N–H and O–H groups in total. The molecule has 2 fully saturated rings. The summed E-state index contributed by atoms with van der Waals surface area (Å²) in [7, 11) is 1.38. The minimum Gasteiger partial charge on any atom is -0.717 e. The van der Waals surface area contributed by atoms with E-state index in [1.54, 1.807) is 12.1 Å². The first kappa shape index (κ1) is 30.7. The number of nitrogens with zero attached hydrogens (tertiary/aromatic N) is 1. The number of nitrogens with one attached hydrogen (secondary N) is 3. The van der Waals surface area contributed by atoms with Crippen LogP contribution in [0.2, 0.25) is 0 Å². The van der Waals surface area contributed by atoms with Crippen molar-refractivity contribution in [2.45, 2.75) is 63.7 Å². The minimum absolute atomic E-state index is 0.0243. The Bertz CT molecular complexity index is 1370. The molecule has 1 unspecified atom stereocenters. The lowest BCUT2D eigenvalue weighted by atomic mass is 9.64. The predicted octanol–water partition coefficient (Wildman–Crippen LogP) is 0.143. The van der Waals surface area contributed by atoms with E-state index in [1.165, 1.54) is 20.0 Å². The van der Waals surface area contributed by atoms with E-state index in [-0.39, 0.29) is 18.0 Å². The highest BCUT2D eigenvalue weighted by Crippen LogP contribution is 2.41. The monoisotopic (exact) mass is 582 g/mol. The van der Waals surface area contributed by atoms with E-state index in [0.717, 1.165) is 5.56 Å². The molecule has 5 atom stereocenters. The van der Waals surface area contributed by atoms with Crippen LogP contribution in [0.5, 0.6) is 0 Å². The number of carbonyl (C=O) groups is 5. The van der Waals surface area contributed by atoms with Crippen LogP contribution in [0.1, 0.15) is 50.5 Å². The number of aliphatic hydroxyl groups is 1. The molecule has 42 heavy (non-hydrogen) atoms. The van der Waals surface area contributed by atoms with E-state index in [4.69, 9.17) is 9.31 Å². The van der Waals surface area contributed by atoms with Gasteiger partial charge in [-0.2, -0.15) is 0 Å². The zero-order chi connectivity index (χ0) is 30.7. The maximum absolute atomic E-state index is 13.5. The van der Waals surface area contributed by atoms with Crippen LogP contribution in [0.4, 0.5) is 0 Å². The molecule has 4 rings (SSSR count). The minimum atomic E-state index is -3.08. The number of rotatable bonds is 11. The Balaban J connectivity index is 1.56. The number of aromatic nitrogens is 1. The summed E-state index contributed by atoms with van der Waals surface area (Å²) in [5.41, 5.74) is -0.508. The van der Waals surface area contributed by atoms with Crippen LogP contribution in [-0.4, -0.2) is 81.9 Å². The van der Waals surface area contributed by atoms with Gasteiger partial charge in [-0.3, -0.25) is 19.2 Å². The van der Waals surface area contributed by atoms with Gasteiger partial charge in [-0.1, -0.05) is 56.7 Å². The first-order chi connectivity index (χ1) is 19.9. The second-order valence-electron chi connectivity index (χ2n) is 11.0. The number of hydrogen-bond acceptors (Lipinski definition) is 9. The van der Waals surface area contributed by atoms with Crippen LogP contribution in [0, 0.1) is 5.92 Å². The standard InChI is InChI=1S/C28H35BN4O9/c1-16(2)13-21(29-40-23(36)15-28(42-29,27(39)41-29)14-22(35)30-4)32-26(38)24(17(3)34)33-25(37)20-12-8-11-19(31-20)18-9-6-5-7-10-18/h5-12,16-17,21,24,34,40H,13-15H2,1-4H3,(H,30,35)(H,32,38)(H,33,37)/t17-,21+,24+,28+,29?/m1/s1. The van der Waals surface area contributed by atoms with Crippen molar-refractivity contribution in [2.75, 3.05) is 7.05 Å². The van der Waals surface area contributed by atoms with E-state index in [0.29, 0.717) is 5.69 Å². The Kier molecular flexibility index (Phi) is 8.97. The van der Waals surface area contributed by atoms with Crippen molar-refractivity contribution in [3.63, 3.8) is 0 Å². The Morgan fingerprint density at radius 1 is 1.07 bits per heavy atom. The van der Waals surface area contributed by atoms with Gasteiger partial charge in [-0.05, 0) is 25.0 Å². The Morgan fingerprint density at radius 3 is 2.43 bits per heavy atom. The summed E-state index contributed by atoms with van der Waals surface area (Å²) < 4.78 is 15.6. The van der Waals surface area contributed by atoms with Gasteiger partial charge in [0.2, 0.25) is 11.8 Å². The van der Waals surface area contributed by atoms with E-state index in [2.05, 4.69) is 25.6 Å². The summed E-state index contributed by atoms with van der Waals surface area (Å²) in [5, 5.41) is 18.1. The normalized spacial score (nSPS) is 23.3. The van der Waals surface area contributed by atoms with Crippen molar-refractivity contribution >= 4 is 36.4 Å². The van der Waals surface area contributed by atoms with Gasteiger partial charge in [-0.25, -0.2) is 4.98 Å². The van der Waals surface area contributed by atoms with Crippen LogP contribution < -0.4 is 16.0 Å². The van der Waals surface area contributed by atoms with Crippen molar-refractivity contribution in [2.24, 2.45) is 5.92 Å². The number of aliphatic carboxylic acids is 1. The van der Waals surface area contributed by atoms with Crippen molar-refractivity contribution < 1.29 is 43.0 Å². The van der Waals surface area contributed by atoms with Crippen LogP contribution in [0.25, 0.3) is 11.3 Å². The van der Waals surface area contributed by atoms with Crippen LogP contribution in [0.15, 0.2) is 48.5 Å². The molecule has 2 saturated heterocycles. The molecule has 2 bridgehead atoms. The first-order valence-electron chi connectivity index (χ1n) is 13.7. The molecule has 3 amide bonds. The Hall–Kier alpha value is -4.30. The highest BCUT2D eigenvalue weighted by atomic mass is 16.8. The van der Waals surface area contributed by atoms with Crippen molar-refractivity contribution in [3.05, 3.63) is 54.2 Å². The molecule has 224 valence electrons. The fourth-order valence-corrected chi connectivity index (χ4v) is 5.16. The zero-order valence-electron chi connectivity index (χ0n) is 23.8.